The summed E-state index contributed by atoms with van der Waals surface area (Å²) in [7, 11) is -7.78. The molecule has 0 aromatic heterocycles. The normalized spacial score (nSPS) is 13.7. The van der Waals surface area contributed by atoms with Gasteiger partial charge in [0.2, 0.25) is 20.0 Å². The first-order valence-electron chi connectivity index (χ1n) is 14.3. The third-order valence-electron chi connectivity index (χ3n) is 7.62. The zero-order valence-electron chi connectivity index (χ0n) is 25.5. The summed E-state index contributed by atoms with van der Waals surface area (Å²) in [4.78, 5) is 27.2. The molecule has 1 heterocycles. The Bertz CT molecular complexity index is 1720. The molecule has 3 aromatic carbocycles. The summed E-state index contributed by atoms with van der Waals surface area (Å²) in [6.45, 7) is 11.0. The predicted octanol–water partition coefficient (Wildman–Crippen LogP) is 4.58. The molecule has 1 aliphatic heterocycles. The standard InChI is InChI=1S/C32H39N3O6S2/c1-21-17-23(3)29(24(4)18-21)42(38,39)33-13-9-14-34(43(40,41)30-25(5)19-22(2)20-26(30)6)15-10-16-35-31(36)27-11-7-8-12-28(27)32(35)37/h7-8,11-12,17-20,33H,9-10,13-16H2,1-6H3. The highest BCUT2D eigenvalue weighted by Gasteiger charge is 2.35. The molecular formula is C32H39N3O6S2. The molecule has 0 aliphatic carbocycles. The van der Waals surface area contributed by atoms with Gasteiger partial charge >= 0.3 is 0 Å². The van der Waals surface area contributed by atoms with E-state index in [9.17, 15) is 26.4 Å². The Morgan fingerprint density at radius 3 is 1.60 bits per heavy atom. The van der Waals surface area contributed by atoms with E-state index < -0.39 is 31.9 Å². The SMILES string of the molecule is Cc1cc(C)c(S(=O)(=O)NCCCN(CCCN2C(=O)c3ccccc3C2=O)S(=O)(=O)c2c(C)cc(C)cc2C)c(C)c1. The van der Waals surface area contributed by atoms with Crippen LogP contribution in [-0.4, -0.2) is 64.0 Å². The van der Waals surface area contributed by atoms with Gasteiger partial charge in [0.05, 0.1) is 20.9 Å². The number of rotatable bonds is 12. The lowest BCUT2D eigenvalue weighted by Crippen LogP contribution is -2.38. The predicted molar refractivity (Wildman–Crippen MR) is 166 cm³/mol. The number of hydrogen-bond acceptors (Lipinski definition) is 6. The van der Waals surface area contributed by atoms with Crippen molar-refractivity contribution in [3.8, 4) is 0 Å². The van der Waals surface area contributed by atoms with Crippen LogP contribution in [-0.2, 0) is 20.0 Å². The lowest BCUT2D eigenvalue weighted by molar-refractivity contribution is 0.0650. The summed E-state index contributed by atoms with van der Waals surface area (Å²) in [5.41, 5.74) is 5.13. The highest BCUT2D eigenvalue weighted by atomic mass is 32.2. The molecule has 3 aromatic rings. The van der Waals surface area contributed by atoms with Crippen LogP contribution in [0, 0.1) is 41.5 Å². The van der Waals surface area contributed by atoms with Crippen molar-refractivity contribution in [1.29, 1.82) is 0 Å². The van der Waals surface area contributed by atoms with Crippen molar-refractivity contribution in [3.63, 3.8) is 0 Å². The first kappa shape index (κ1) is 32.5. The van der Waals surface area contributed by atoms with Gasteiger partial charge in [0.25, 0.3) is 11.8 Å². The van der Waals surface area contributed by atoms with Gasteiger partial charge in [-0.25, -0.2) is 21.6 Å². The molecule has 1 N–H and O–H groups in total. The van der Waals surface area contributed by atoms with E-state index in [-0.39, 0.29) is 48.8 Å². The molecule has 0 bridgehead atoms. The van der Waals surface area contributed by atoms with Crippen LogP contribution in [0.1, 0.15) is 66.9 Å². The van der Waals surface area contributed by atoms with Crippen LogP contribution in [0.4, 0.5) is 0 Å². The average Bonchev–Trinajstić information content (AvgIpc) is 3.13. The van der Waals surface area contributed by atoms with Crippen LogP contribution in [0.25, 0.3) is 0 Å². The monoisotopic (exact) mass is 625 g/mol. The molecule has 4 rings (SSSR count). The lowest BCUT2D eigenvalue weighted by atomic mass is 10.1. The highest BCUT2D eigenvalue weighted by Crippen LogP contribution is 2.27. The van der Waals surface area contributed by atoms with Gasteiger partial charge in [-0.2, -0.15) is 4.31 Å². The third-order valence-corrected chi connectivity index (χ3v) is 11.6. The summed E-state index contributed by atoms with van der Waals surface area (Å²) in [5, 5.41) is 0. The lowest BCUT2D eigenvalue weighted by Gasteiger charge is -2.25. The first-order chi connectivity index (χ1) is 20.1. The Hall–Kier alpha value is -3.38. The molecule has 0 atom stereocenters. The van der Waals surface area contributed by atoms with E-state index >= 15 is 0 Å². The zero-order chi connectivity index (χ0) is 31.7. The topological polar surface area (TPSA) is 121 Å². The Morgan fingerprint density at radius 1 is 0.674 bits per heavy atom. The van der Waals surface area contributed by atoms with Crippen molar-refractivity contribution in [1.82, 2.24) is 13.9 Å². The summed E-state index contributed by atoms with van der Waals surface area (Å²) in [5.74, 6) is -0.785. The number of sulfonamides is 2. The molecule has 0 radical (unpaired) electrons. The number of carbonyl (C=O) groups excluding carboxylic acids is 2. The smallest absolute Gasteiger partial charge is 0.261 e. The van der Waals surface area contributed by atoms with Crippen LogP contribution in [0.15, 0.2) is 58.3 Å². The van der Waals surface area contributed by atoms with E-state index in [1.807, 2.05) is 38.1 Å². The molecule has 230 valence electrons. The molecule has 0 fully saturated rings. The fourth-order valence-corrected chi connectivity index (χ4v) is 9.48. The van der Waals surface area contributed by atoms with Crippen LogP contribution in [0.2, 0.25) is 0 Å². The van der Waals surface area contributed by atoms with Crippen molar-refractivity contribution < 1.29 is 26.4 Å². The van der Waals surface area contributed by atoms with Gasteiger partial charge < -0.3 is 0 Å². The average molecular weight is 626 g/mol. The molecule has 43 heavy (non-hydrogen) atoms. The van der Waals surface area contributed by atoms with Crippen LogP contribution in [0.5, 0.6) is 0 Å². The van der Waals surface area contributed by atoms with Crippen LogP contribution in [0.3, 0.4) is 0 Å². The summed E-state index contributed by atoms with van der Waals surface area (Å²) < 4.78 is 58.2. The fourth-order valence-electron chi connectivity index (χ4n) is 6.03. The van der Waals surface area contributed by atoms with Gasteiger partial charge in [0, 0.05) is 26.2 Å². The van der Waals surface area contributed by atoms with Gasteiger partial charge in [0.15, 0.2) is 0 Å². The number of benzene rings is 3. The third kappa shape index (κ3) is 6.75. The van der Waals surface area contributed by atoms with Crippen molar-refractivity contribution in [2.75, 3.05) is 26.2 Å². The fraction of sp³-hybridized carbons (Fsp3) is 0.375. The largest absolute Gasteiger partial charge is 0.274 e. The van der Waals surface area contributed by atoms with E-state index in [4.69, 9.17) is 0 Å². The summed E-state index contributed by atoms with van der Waals surface area (Å²) in [6.07, 6.45) is 0.446. The molecule has 1 aliphatic rings. The van der Waals surface area contributed by atoms with Crippen molar-refractivity contribution in [2.45, 2.75) is 64.2 Å². The minimum atomic E-state index is -3.97. The van der Waals surface area contributed by atoms with E-state index in [1.54, 1.807) is 52.0 Å². The second kappa shape index (κ2) is 12.7. The summed E-state index contributed by atoms with van der Waals surface area (Å²) in [6, 6.07) is 13.9. The van der Waals surface area contributed by atoms with Crippen LogP contribution >= 0.6 is 0 Å². The van der Waals surface area contributed by atoms with Gasteiger partial charge in [-0.1, -0.05) is 47.5 Å². The number of amides is 2. The summed E-state index contributed by atoms with van der Waals surface area (Å²) >= 11 is 0. The highest BCUT2D eigenvalue weighted by molar-refractivity contribution is 7.89. The molecule has 0 spiro atoms. The van der Waals surface area contributed by atoms with Crippen molar-refractivity contribution in [2.24, 2.45) is 0 Å². The van der Waals surface area contributed by atoms with Gasteiger partial charge in [-0.15, -0.1) is 0 Å². The Balaban J connectivity index is 1.50. The van der Waals surface area contributed by atoms with Gasteiger partial charge in [-0.3, -0.25) is 14.5 Å². The number of fused-ring (bicyclic) bond motifs is 1. The number of hydrogen-bond donors (Lipinski definition) is 1. The zero-order valence-corrected chi connectivity index (χ0v) is 27.2. The number of aryl methyl sites for hydroxylation is 6. The maximum atomic E-state index is 14.0. The molecule has 2 amide bonds. The number of nitrogens with one attached hydrogen (secondary N) is 1. The number of nitrogens with zero attached hydrogens (tertiary/aromatic N) is 2. The Kier molecular flexibility index (Phi) is 9.60. The second-order valence-electron chi connectivity index (χ2n) is 11.3. The van der Waals surface area contributed by atoms with Gasteiger partial charge in [-0.05, 0) is 88.8 Å². The van der Waals surface area contributed by atoms with E-state index in [0.29, 0.717) is 33.4 Å². The van der Waals surface area contributed by atoms with Crippen molar-refractivity contribution >= 4 is 31.9 Å². The minimum absolute atomic E-state index is 0.0331. The second-order valence-corrected chi connectivity index (χ2v) is 14.9. The van der Waals surface area contributed by atoms with Crippen molar-refractivity contribution in [3.05, 3.63) is 93.0 Å². The van der Waals surface area contributed by atoms with E-state index in [2.05, 4.69) is 4.72 Å². The number of imide groups is 1. The van der Waals surface area contributed by atoms with E-state index in [1.165, 1.54) is 4.31 Å². The van der Waals surface area contributed by atoms with E-state index in [0.717, 1.165) is 16.0 Å². The molecule has 0 saturated heterocycles. The Morgan fingerprint density at radius 2 is 1.12 bits per heavy atom. The maximum Gasteiger partial charge on any atom is 0.261 e. The maximum absolute atomic E-state index is 14.0. The van der Waals surface area contributed by atoms with Crippen LogP contribution < -0.4 is 4.72 Å². The first-order valence-corrected chi connectivity index (χ1v) is 17.2. The van der Waals surface area contributed by atoms with Gasteiger partial charge in [0.1, 0.15) is 0 Å². The number of carbonyl (C=O) groups is 2. The molecule has 9 nitrogen and oxygen atoms in total. The molecule has 0 unspecified atom stereocenters. The molecular weight excluding hydrogens is 587 g/mol. The minimum Gasteiger partial charge on any atom is -0.274 e. The quantitative estimate of drug-likeness (QED) is 0.232. The Labute approximate surface area is 255 Å². The molecule has 11 heteroatoms. The molecule has 0 saturated carbocycles.